The molecule has 120 valence electrons. The van der Waals surface area contributed by atoms with Crippen LogP contribution in [0.3, 0.4) is 0 Å². The molecule has 0 saturated heterocycles. The topological polar surface area (TPSA) is 64.6 Å². The Balaban J connectivity index is 4.08. The summed E-state index contributed by atoms with van der Waals surface area (Å²) in [6.45, 7) is 0.480. The summed E-state index contributed by atoms with van der Waals surface area (Å²) in [5, 5.41) is 0. The predicted octanol–water partition coefficient (Wildman–Crippen LogP) is 1.13. The minimum absolute atomic E-state index is 0.480. The second-order valence-electron chi connectivity index (χ2n) is 3.72. The average Bonchev–Trinajstić information content (AvgIpc) is 2.52. The van der Waals surface area contributed by atoms with E-state index in [1.165, 1.54) is 21.3 Å². The van der Waals surface area contributed by atoms with Crippen molar-refractivity contribution < 1.29 is 31.0 Å². The van der Waals surface area contributed by atoms with Crippen molar-refractivity contribution in [1.29, 1.82) is 0 Å². The molecule has 0 bridgehead atoms. The van der Waals surface area contributed by atoms with Gasteiger partial charge in [0.05, 0.1) is 0 Å². The van der Waals surface area contributed by atoms with Crippen LogP contribution in [0, 0.1) is 0 Å². The molecule has 7 nitrogen and oxygen atoms in total. The Morgan fingerprint density at radius 2 is 1.25 bits per heavy atom. The quantitative estimate of drug-likeness (QED) is 0.393. The molecule has 0 aliphatic heterocycles. The normalized spacial score (nSPS) is 13.3. The molecule has 0 aliphatic rings. The highest BCUT2D eigenvalue weighted by Gasteiger charge is 2.41. The zero-order chi connectivity index (χ0) is 15.5. The maximum absolute atomic E-state index is 5.54. The van der Waals surface area contributed by atoms with E-state index in [-0.39, 0.29) is 0 Å². The van der Waals surface area contributed by atoms with Crippen LogP contribution < -0.4 is 0 Å². The molecule has 0 fully saturated rings. The maximum Gasteiger partial charge on any atom is 0.678 e. The molecule has 0 aliphatic carbocycles. The van der Waals surface area contributed by atoms with Gasteiger partial charge in [0.1, 0.15) is 0 Å². The number of unbranched alkanes of at least 4 members (excludes halogenated alkanes) is 1. The molecule has 0 saturated carbocycles. The molecule has 0 heterocycles. The van der Waals surface area contributed by atoms with Gasteiger partial charge in [-0.15, -0.1) is 0 Å². The van der Waals surface area contributed by atoms with Crippen LogP contribution in [0.2, 0.25) is 0 Å². The number of rotatable bonds is 12. The van der Waals surface area contributed by atoms with Gasteiger partial charge in [-0.3, -0.25) is 0 Å². The summed E-state index contributed by atoms with van der Waals surface area (Å²) in [5.41, 5.74) is 1.85. The van der Waals surface area contributed by atoms with E-state index >= 15 is 0 Å². The van der Waals surface area contributed by atoms with Crippen LogP contribution in [-0.4, -0.2) is 67.1 Å². The summed E-state index contributed by atoms with van der Waals surface area (Å²) < 4.78 is 36.8. The fourth-order valence-electron chi connectivity index (χ4n) is 1.51. The fourth-order valence-corrected chi connectivity index (χ4v) is 4.12. The Kier molecular flexibility index (Phi) is 10.5. The predicted molar refractivity (Wildman–Crippen MR) is 77.9 cm³/mol. The molecular weight excluding hydrogens is 300 g/mol. The van der Waals surface area contributed by atoms with Gasteiger partial charge < -0.3 is 31.0 Å². The molecule has 0 spiro atoms. The van der Waals surface area contributed by atoms with Crippen LogP contribution in [0.1, 0.15) is 12.8 Å². The van der Waals surface area contributed by atoms with Crippen molar-refractivity contribution in [2.75, 3.05) is 49.3 Å². The van der Waals surface area contributed by atoms with Gasteiger partial charge in [0.15, 0.2) is 0 Å². The lowest BCUT2D eigenvalue weighted by Gasteiger charge is -2.22. The smallest absolute Gasteiger partial charge is 0.374 e. The third-order valence-electron chi connectivity index (χ3n) is 2.72. The molecule has 0 aromatic carbocycles. The molecule has 0 aromatic rings. The highest BCUT2D eigenvalue weighted by atomic mass is 28.4. The SMILES string of the molecule is CO[Si](/C=C/CCCO[Si](OC)(OC)OC)(OC)OC. The Labute approximate surface area is 123 Å². The van der Waals surface area contributed by atoms with Crippen LogP contribution in [0.5, 0.6) is 0 Å². The van der Waals surface area contributed by atoms with Crippen LogP contribution in [-0.2, 0) is 31.0 Å². The van der Waals surface area contributed by atoms with Gasteiger partial charge in [0.25, 0.3) is 0 Å². The highest BCUT2D eigenvalue weighted by Crippen LogP contribution is 2.11. The van der Waals surface area contributed by atoms with Gasteiger partial charge in [-0.1, -0.05) is 6.08 Å². The van der Waals surface area contributed by atoms with E-state index in [9.17, 15) is 0 Å². The summed E-state index contributed by atoms with van der Waals surface area (Å²) >= 11 is 0. The van der Waals surface area contributed by atoms with Crippen molar-refractivity contribution in [3.8, 4) is 0 Å². The summed E-state index contributed by atoms with van der Waals surface area (Å²) in [4.78, 5) is 0. The van der Waals surface area contributed by atoms with Crippen molar-refractivity contribution in [2.24, 2.45) is 0 Å². The van der Waals surface area contributed by atoms with E-state index in [2.05, 4.69) is 0 Å². The van der Waals surface area contributed by atoms with Crippen LogP contribution in [0.25, 0.3) is 0 Å². The lowest BCUT2D eigenvalue weighted by molar-refractivity contribution is 0.00553. The Bertz CT molecular complexity index is 251. The molecule has 0 amide bonds. The van der Waals surface area contributed by atoms with Crippen molar-refractivity contribution in [2.45, 2.75) is 12.8 Å². The molecule has 0 N–H and O–H groups in total. The van der Waals surface area contributed by atoms with Gasteiger partial charge in [0, 0.05) is 49.3 Å². The first-order valence-electron chi connectivity index (χ1n) is 6.20. The number of hydrogen-bond donors (Lipinski definition) is 0. The third-order valence-corrected chi connectivity index (χ3v) is 7.13. The van der Waals surface area contributed by atoms with Gasteiger partial charge in [-0.05, 0) is 18.5 Å². The monoisotopic (exact) mass is 326 g/mol. The minimum atomic E-state index is -2.92. The number of hydrogen-bond acceptors (Lipinski definition) is 7. The van der Waals surface area contributed by atoms with Gasteiger partial charge in [0.2, 0.25) is 0 Å². The molecule has 9 heteroatoms. The number of allylic oxidation sites excluding steroid dienone is 1. The summed E-state index contributed by atoms with van der Waals surface area (Å²) in [7, 11) is 3.70. The highest BCUT2D eigenvalue weighted by molar-refractivity contribution is 6.66. The summed E-state index contributed by atoms with van der Waals surface area (Å²) in [6, 6.07) is 0. The molecule has 0 rings (SSSR count). The lowest BCUT2D eigenvalue weighted by atomic mass is 10.3. The maximum atomic E-state index is 5.54. The van der Waals surface area contributed by atoms with Crippen molar-refractivity contribution in [3.63, 3.8) is 0 Å². The fraction of sp³-hybridized carbons (Fsp3) is 0.818. The first-order chi connectivity index (χ1) is 9.57. The van der Waals surface area contributed by atoms with Crippen LogP contribution >= 0.6 is 0 Å². The first kappa shape index (κ1) is 19.9. The molecule has 0 atom stereocenters. The molecule has 0 radical (unpaired) electrons. The van der Waals surface area contributed by atoms with E-state index in [4.69, 9.17) is 31.0 Å². The lowest BCUT2D eigenvalue weighted by Crippen LogP contribution is -2.46. The van der Waals surface area contributed by atoms with E-state index in [1.54, 1.807) is 21.3 Å². The van der Waals surface area contributed by atoms with Crippen LogP contribution in [0.4, 0.5) is 0 Å². The standard InChI is InChI=1S/C11H26O7Si2/c1-12-19(13-2,14-3)11-9-7-8-10-18-20(15-4,16-5)17-6/h9,11H,7-8,10H2,1-6H3/b11-9+. The first-order valence-corrected chi connectivity index (χ1v) is 9.63. The minimum Gasteiger partial charge on any atom is -0.374 e. The Morgan fingerprint density at radius 1 is 0.750 bits per heavy atom. The van der Waals surface area contributed by atoms with E-state index in [0.717, 1.165) is 12.8 Å². The van der Waals surface area contributed by atoms with Gasteiger partial charge >= 0.3 is 17.9 Å². The second kappa shape index (κ2) is 10.6. The van der Waals surface area contributed by atoms with Gasteiger partial charge in [-0.25, -0.2) is 0 Å². The summed E-state index contributed by atoms with van der Waals surface area (Å²) in [6.07, 6.45) is 3.55. The summed E-state index contributed by atoms with van der Waals surface area (Å²) in [5.74, 6) is 0. The Hall–Kier alpha value is -0.106. The largest absolute Gasteiger partial charge is 0.678 e. The molecular formula is C11H26O7Si2. The molecule has 20 heavy (non-hydrogen) atoms. The van der Waals surface area contributed by atoms with Crippen molar-refractivity contribution in [1.82, 2.24) is 0 Å². The zero-order valence-electron chi connectivity index (χ0n) is 13.1. The Morgan fingerprint density at radius 3 is 1.65 bits per heavy atom. The van der Waals surface area contributed by atoms with Crippen molar-refractivity contribution >= 4 is 17.9 Å². The van der Waals surface area contributed by atoms with E-state index in [1.807, 2.05) is 11.8 Å². The van der Waals surface area contributed by atoms with Crippen LogP contribution in [0.15, 0.2) is 11.8 Å². The average molecular weight is 326 g/mol. The van der Waals surface area contributed by atoms with E-state index < -0.39 is 17.9 Å². The molecule has 0 unspecified atom stereocenters. The van der Waals surface area contributed by atoms with Crippen molar-refractivity contribution in [3.05, 3.63) is 11.8 Å². The van der Waals surface area contributed by atoms with Gasteiger partial charge in [-0.2, -0.15) is 0 Å². The third kappa shape index (κ3) is 6.12. The van der Waals surface area contributed by atoms with E-state index in [0.29, 0.717) is 6.61 Å². The molecule has 0 aromatic heterocycles. The second-order valence-corrected chi connectivity index (χ2v) is 9.00. The zero-order valence-corrected chi connectivity index (χ0v) is 15.1.